The van der Waals surface area contributed by atoms with Gasteiger partial charge in [0.15, 0.2) is 0 Å². The van der Waals surface area contributed by atoms with Gasteiger partial charge in [-0.25, -0.2) is 0 Å². The maximum absolute atomic E-state index is 11.4. The SMILES string of the molecule is C=CCC(C)NC(=O)COC1(C)CNC1. The van der Waals surface area contributed by atoms with Gasteiger partial charge >= 0.3 is 0 Å². The second-order valence-electron chi connectivity index (χ2n) is 4.34. The third-order valence-corrected chi connectivity index (χ3v) is 2.48. The zero-order valence-electron chi connectivity index (χ0n) is 9.51. The standard InChI is InChI=1S/C11H20N2O2/c1-4-5-9(2)13-10(14)6-15-11(3)7-12-8-11/h4,9,12H,1,5-8H2,2-3H3,(H,13,14). The molecule has 1 heterocycles. The largest absolute Gasteiger partial charge is 0.363 e. The van der Waals surface area contributed by atoms with Crippen LogP contribution in [0.2, 0.25) is 0 Å². The van der Waals surface area contributed by atoms with E-state index in [4.69, 9.17) is 4.74 Å². The van der Waals surface area contributed by atoms with Crippen LogP contribution in [-0.4, -0.2) is 37.2 Å². The van der Waals surface area contributed by atoms with Crippen LogP contribution < -0.4 is 10.6 Å². The molecule has 1 atom stereocenters. The van der Waals surface area contributed by atoms with Gasteiger partial charge in [-0.3, -0.25) is 4.79 Å². The van der Waals surface area contributed by atoms with Crippen LogP contribution in [0.4, 0.5) is 0 Å². The molecule has 0 aliphatic carbocycles. The average molecular weight is 212 g/mol. The molecule has 0 aromatic heterocycles. The number of ether oxygens (including phenoxy) is 1. The fourth-order valence-electron chi connectivity index (χ4n) is 1.44. The summed E-state index contributed by atoms with van der Waals surface area (Å²) in [5, 5.41) is 5.96. The Balaban J connectivity index is 2.15. The van der Waals surface area contributed by atoms with Gasteiger partial charge < -0.3 is 15.4 Å². The fraction of sp³-hybridized carbons (Fsp3) is 0.727. The smallest absolute Gasteiger partial charge is 0.246 e. The van der Waals surface area contributed by atoms with Crippen molar-refractivity contribution in [1.29, 1.82) is 0 Å². The Labute approximate surface area is 91.1 Å². The molecule has 1 rings (SSSR count). The van der Waals surface area contributed by atoms with Gasteiger partial charge in [-0.2, -0.15) is 0 Å². The van der Waals surface area contributed by atoms with E-state index in [2.05, 4.69) is 17.2 Å². The molecule has 0 aromatic carbocycles. The minimum Gasteiger partial charge on any atom is -0.363 e. The molecule has 15 heavy (non-hydrogen) atoms. The van der Waals surface area contributed by atoms with Crippen LogP contribution in [0.3, 0.4) is 0 Å². The molecule has 0 bridgehead atoms. The first kappa shape index (κ1) is 12.2. The van der Waals surface area contributed by atoms with Gasteiger partial charge in [-0.15, -0.1) is 6.58 Å². The Hall–Kier alpha value is -0.870. The van der Waals surface area contributed by atoms with Gasteiger partial charge in [0.2, 0.25) is 5.91 Å². The average Bonchev–Trinajstić information content (AvgIpc) is 2.12. The molecule has 0 spiro atoms. The summed E-state index contributed by atoms with van der Waals surface area (Å²) in [4.78, 5) is 11.4. The summed E-state index contributed by atoms with van der Waals surface area (Å²) >= 11 is 0. The molecule has 1 fully saturated rings. The lowest BCUT2D eigenvalue weighted by atomic mass is 10.0. The van der Waals surface area contributed by atoms with Crippen molar-refractivity contribution in [3.63, 3.8) is 0 Å². The van der Waals surface area contributed by atoms with Gasteiger partial charge in [-0.05, 0) is 20.3 Å². The molecule has 1 saturated heterocycles. The lowest BCUT2D eigenvalue weighted by Crippen LogP contribution is -2.59. The first-order valence-corrected chi connectivity index (χ1v) is 5.31. The summed E-state index contributed by atoms with van der Waals surface area (Å²) in [6, 6.07) is 0.130. The molecular formula is C11H20N2O2. The number of carbonyl (C=O) groups excluding carboxylic acids is 1. The summed E-state index contributed by atoms with van der Waals surface area (Å²) in [6.07, 6.45) is 2.58. The second kappa shape index (κ2) is 5.28. The van der Waals surface area contributed by atoms with Gasteiger partial charge in [0.05, 0.1) is 5.60 Å². The van der Waals surface area contributed by atoms with E-state index in [1.165, 1.54) is 0 Å². The highest BCUT2D eigenvalue weighted by atomic mass is 16.5. The molecule has 0 saturated carbocycles. The van der Waals surface area contributed by atoms with Crippen LogP contribution in [0.15, 0.2) is 12.7 Å². The number of hydrogen-bond donors (Lipinski definition) is 2. The highest BCUT2D eigenvalue weighted by Crippen LogP contribution is 2.14. The Morgan fingerprint density at radius 2 is 2.40 bits per heavy atom. The van der Waals surface area contributed by atoms with E-state index >= 15 is 0 Å². The second-order valence-corrected chi connectivity index (χ2v) is 4.34. The van der Waals surface area contributed by atoms with Crippen molar-refractivity contribution in [2.45, 2.75) is 31.9 Å². The predicted molar refractivity (Wildman–Crippen MR) is 59.6 cm³/mol. The molecule has 1 aliphatic heterocycles. The number of carbonyl (C=O) groups is 1. The molecule has 0 radical (unpaired) electrons. The van der Waals surface area contributed by atoms with E-state index in [9.17, 15) is 4.79 Å². The molecule has 4 heteroatoms. The minimum absolute atomic E-state index is 0.0579. The molecule has 1 aliphatic rings. The number of nitrogens with one attached hydrogen (secondary N) is 2. The van der Waals surface area contributed by atoms with Crippen molar-refractivity contribution in [2.75, 3.05) is 19.7 Å². The summed E-state index contributed by atoms with van der Waals surface area (Å²) in [7, 11) is 0. The number of rotatable bonds is 6. The van der Waals surface area contributed by atoms with Gasteiger partial charge in [0, 0.05) is 19.1 Å². The van der Waals surface area contributed by atoms with Crippen molar-refractivity contribution in [2.24, 2.45) is 0 Å². The quantitative estimate of drug-likeness (QED) is 0.628. The van der Waals surface area contributed by atoms with E-state index in [0.29, 0.717) is 0 Å². The van der Waals surface area contributed by atoms with Crippen LogP contribution in [0.5, 0.6) is 0 Å². The van der Waals surface area contributed by atoms with Crippen LogP contribution in [0, 0.1) is 0 Å². The topological polar surface area (TPSA) is 50.4 Å². The van der Waals surface area contributed by atoms with Crippen molar-refractivity contribution in [3.05, 3.63) is 12.7 Å². The van der Waals surface area contributed by atoms with E-state index in [0.717, 1.165) is 19.5 Å². The molecule has 1 amide bonds. The molecule has 4 nitrogen and oxygen atoms in total. The Morgan fingerprint density at radius 3 is 2.87 bits per heavy atom. The highest BCUT2D eigenvalue weighted by Gasteiger charge is 2.32. The van der Waals surface area contributed by atoms with Crippen LogP contribution >= 0.6 is 0 Å². The van der Waals surface area contributed by atoms with E-state index < -0.39 is 0 Å². The van der Waals surface area contributed by atoms with Crippen molar-refractivity contribution >= 4 is 5.91 Å². The Morgan fingerprint density at radius 1 is 1.73 bits per heavy atom. The zero-order valence-corrected chi connectivity index (χ0v) is 9.51. The van der Waals surface area contributed by atoms with Gasteiger partial charge in [0.25, 0.3) is 0 Å². The molecule has 0 aromatic rings. The van der Waals surface area contributed by atoms with Crippen LogP contribution in [-0.2, 0) is 9.53 Å². The molecule has 1 unspecified atom stereocenters. The summed E-state index contributed by atoms with van der Waals surface area (Å²) in [5.74, 6) is -0.0579. The van der Waals surface area contributed by atoms with Crippen LogP contribution in [0.1, 0.15) is 20.3 Å². The normalized spacial score (nSPS) is 20.1. The first-order valence-electron chi connectivity index (χ1n) is 5.31. The minimum atomic E-state index is -0.154. The molecule has 86 valence electrons. The van der Waals surface area contributed by atoms with Gasteiger partial charge in [0.1, 0.15) is 6.61 Å². The van der Waals surface area contributed by atoms with Gasteiger partial charge in [-0.1, -0.05) is 6.08 Å². The molecule has 2 N–H and O–H groups in total. The van der Waals surface area contributed by atoms with Crippen molar-refractivity contribution < 1.29 is 9.53 Å². The maximum Gasteiger partial charge on any atom is 0.246 e. The third-order valence-electron chi connectivity index (χ3n) is 2.48. The summed E-state index contributed by atoms with van der Waals surface area (Å²) in [6.45, 7) is 9.36. The van der Waals surface area contributed by atoms with Crippen LogP contribution in [0.25, 0.3) is 0 Å². The maximum atomic E-state index is 11.4. The fourth-order valence-corrected chi connectivity index (χ4v) is 1.44. The Kier molecular flexibility index (Phi) is 4.29. The summed E-state index contributed by atoms with van der Waals surface area (Å²) < 4.78 is 5.51. The van der Waals surface area contributed by atoms with Crippen molar-refractivity contribution in [3.8, 4) is 0 Å². The van der Waals surface area contributed by atoms with Crippen molar-refractivity contribution in [1.82, 2.24) is 10.6 Å². The predicted octanol–water partition coefficient (Wildman–Crippen LogP) is 0.446. The Bertz CT molecular complexity index is 237. The lowest BCUT2D eigenvalue weighted by Gasteiger charge is -2.38. The molecular weight excluding hydrogens is 192 g/mol. The zero-order chi connectivity index (χ0) is 11.3. The number of amides is 1. The summed E-state index contributed by atoms with van der Waals surface area (Å²) in [5.41, 5.74) is -0.154. The first-order chi connectivity index (χ1) is 7.06. The highest BCUT2D eigenvalue weighted by molar-refractivity contribution is 5.77. The van der Waals surface area contributed by atoms with E-state index in [-0.39, 0.29) is 24.2 Å². The number of hydrogen-bond acceptors (Lipinski definition) is 3. The van der Waals surface area contributed by atoms with E-state index in [1.807, 2.05) is 13.8 Å². The third kappa shape index (κ3) is 4.01. The monoisotopic (exact) mass is 212 g/mol. The van der Waals surface area contributed by atoms with E-state index in [1.54, 1.807) is 6.08 Å². The lowest BCUT2D eigenvalue weighted by molar-refractivity contribution is -0.136.